The molecule has 3 N–H and O–H groups in total. The van der Waals surface area contributed by atoms with Gasteiger partial charge in [0, 0.05) is 55.1 Å². The molecule has 3 rings (SSSR count). The molecule has 0 amide bonds. The van der Waals surface area contributed by atoms with Gasteiger partial charge in [-0.3, -0.25) is 0 Å². The number of guanidine groups is 1. The molecule has 0 unspecified atom stereocenters. The number of piperazine rings is 1. The molecular weight excluding hydrogens is 421 g/mol. The van der Waals surface area contributed by atoms with Gasteiger partial charge in [0.1, 0.15) is 5.82 Å². The van der Waals surface area contributed by atoms with Gasteiger partial charge in [-0.05, 0) is 13.0 Å². The van der Waals surface area contributed by atoms with E-state index in [-0.39, 0.29) is 11.6 Å². The molecular formula is C15H20IN7O. The molecule has 2 bridgehead atoms. The molecule has 0 aromatic carbocycles. The molecule has 0 spiro atoms. The first kappa shape index (κ1) is 17.0. The van der Waals surface area contributed by atoms with E-state index in [2.05, 4.69) is 46.0 Å². The number of aliphatic imine (C=N–C) groups is 2. The molecule has 128 valence electrons. The van der Waals surface area contributed by atoms with E-state index < -0.39 is 0 Å². The van der Waals surface area contributed by atoms with Crippen LogP contribution in [0.25, 0.3) is 0 Å². The Bertz CT molecular complexity index is 684. The Hall–Kier alpha value is -1.88. The van der Waals surface area contributed by atoms with Crippen LogP contribution in [0, 0.1) is 0 Å². The molecule has 0 saturated carbocycles. The van der Waals surface area contributed by atoms with Crippen molar-refractivity contribution in [2.75, 3.05) is 32.7 Å². The predicted octanol–water partition coefficient (Wildman–Crippen LogP) is 1.21. The smallest absolute Gasteiger partial charge is 0.219 e. The van der Waals surface area contributed by atoms with E-state index in [1.165, 1.54) is 0 Å². The number of halogens is 1. The Balaban J connectivity index is 1.88. The summed E-state index contributed by atoms with van der Waals surface area (Å²) >= 11 is 2.33. The lowest BCUT2D eigenvalue weighted by molar-refractivity contribution is 0.251. The minimum absolute atomic E-state index is 0.00141. The standard InChI is InChI=1S/C15H20IN7O/c1-2-3-4-12(24)14-18-11-9-13(19-15(17)23(10-11)20-14)21-5-7-22(16)8-6-21/h2-4,9,24H,5-8,10H2,1H3,(H2,17,19)/b3-2-,12-4-. The molecule has 0 aromatic rings. The van der Waals surface area contributed by atoms with Gasteiger partial charge in [0.05, 0.1) is 12.3 Å². The normalized spacial score (nSPS) is 22.8. The Morgan fingerprint density at radius 3 is 2.75 bits per heavy atom. The number of hydrazone groups is 1. The van der Waals surface area contributed by atoms with Crippen LogP contribution in [0.1, 0.15) is 6.92 Å². The van der Waals surface area contributed by atoms with Crippen LogP contribution < -0.4 is 5.73 Å². The molecule has 9 heteroatoms. The van der Waals surface area contributed by atoms with Gasteiger partial charge >= 0.3 is 0 Å². The van der Waals surface area contributed by atoms with Gasteiger partial charge in [0.25, 0.3) is 0 Å². The van der Waals surface area contributed by atoms with Crippen LogP contribution in [0.15, 0.2) is 51.0 Å². The van der Waals surface area contributed by atoms with Crippen LogP contribution in [-0.4, -0.2) is 68.4 Å². The second-order valence-corrected chi connectivity index (χ2v) is 6.90. The molecule has 0 aromatic heterocycles. The SMILES string of the molecule is C/C=C\C=C(/O)C1=NN2CC(=N1)C=C(N1CCN(I)CC1)N=C2N. The zero-order valence-corrected chi connectivity index (χ0v) is 15.6. The average Bonchev–Trinajstić information content (AvgIpc) is 2.69. The Labute approximate surface area is 154 Å². The summed E-state index contributed by atoms with van der Waals surface area (Å²) in [5.74, 6) is 1.34. The highest BCUT2D eigenvalue weighted by Gasteiger charge is 2.25. The molecule has 8 nitrogen and oxygen atoms in total. The third-order valence-electron chi connectivity index (χ3n) is 3.79. The summed E-state index contributed by atoms with van der Waals surface area (Å²) in [6.45, 7) is 6.04. The van der Waals surface area contributed by atoms with Gasteiger partial charge in [-0.1, -0.05) is 12.2 Å². The summed E-state index contributed by atoms with van der Waals surface area (Å²) in [5, 5.41) is 16.0. The van der Waals surface area contributed by atoms with Crippen molar-refractivity contribution in [1.29, 1.82) is 0 Å². The van der Waals surface area contributed by atoms with E-state index in [9.17, 15) is 5.11 Å². The summed E-state index contributed by atoms with van der Waals surface area (Å²) in [4.78, 5) is 11.1. The maximum absolute atomic E-state index is 10.1. The van der Waals surface area contributed by atoms with Crippen molar-refractivity contribution in [3.05, 3.63) is 35.9 Å². The van der Waals surface area contributed by atoms with Crippen LogP contribution in [-0.2, 0) is 0 Å². The van der Waals surface area contributed by atoms with Gasteiger partial charge in [-0.25, -0.2) is 13.1 Å². The van der Waals surface area contributed by atoms with E-state index >= 15 is 0 Å². The molecule has 1 saturated heterocycles. The fourth-order valence-electron chi connectivity index (χ4n) is 2.51. The molecule has 3 heterocycles. The third-order valence-corrected chi connectivity index (χ3v) is 4.76. The van der Waals surface area contributed by atoms with Crippen LogP contribution in [0.2, 0.25) is 0 Å². The van der Waals surface area contributed by atoms with Gasteiger partial charge in [0.2, 0.25) is 11.8 Å². The number of rotatable bonds is 3. The van der Waals surface area contributed by atoms with E-state index in [0.717, 1.165) is 37.7 Å². The van der Waals surface area contributed by atoms with E-state index in [0.29, 0.717) is 12.5 Å². The predicted molar refractivity (Wildman–Crippen MR) is 104 cm³/mol. The van der Waals surface area contributed by atoms with Crippen molar-refractivity contribution in [1.82, 2.24) is 13.0 Å². The minimum Gasteiger partial charge on any atom is -0.504 e. The van der Waals surface area contributed by atoms with E-state index in [1.807, 2.05) is 19.1 Å². The number of nitrogens with two attached hydrogens (primary N) is 1. The van der Waals surface area contributed by atoms with Gasteiger partial charge in [0.15, 0.2) is 5.76 Å². The first-order valence-electron chi connectivity index (χ1n) is 7.74. The minimum atomic E-state index is -0.00141. The molecule has 24 heavy (non-hydrogen) atoms. The first-order chi connectivity index (χ1) is 11.6. The monoisotopic (exact) mass is 441 g/mol. The van der Waals surface area contributed by atoms with Crippen LogP contribution in [0.5, 0.6) is 0 Å². The average molecular weight is 441 g/mol. The van der Waals surface area contributed by atoms with E-state index in [1.54, 1.807) is 17.2 Å². The van der Waals surface area contributed by atoms with Crippen molar-refractivity contribution in [3.63, 3.8) is 0 Å². The Morgan fingerprint density at radius 1 is 1.29 bits per heavy atom. The van der Waals surface area contributed by atoms with Gasteiger partial charge < -0.3 is 15.7 Å². The summed E-state index contributed by atoms with van der Waals surface area (Å²) in [6, 6.07) is 0. The fraction of sp³-hybridized carbons (Fsp3) is 0.400. The van der Waals surface area contributed by atoms with Gasteiger partial charge in [-0.15, -0.1) is 5.10 Å². The Kier molecular flexibility index (Phi) is 5.19. The van der Waals surface area contributed by atoms with Crippen LogP contribution >= 0.6 is 22.9 Å². The number of hydrogen-bond donors (Lipinski definition) is 2. The summed E-state index contributed by atoms with van der Waals surface area (Å²) in [7, 11) is 0. The van der Waals surface area contributed by atoms with Gasteiger partial charge in [-0.2, -0.15) is 4.99 Å². The highest BCUT2D eigenvalue weighted by molar-refractivity contribution is 14.1. The molecule has 3 aliphatic rings. The summed E-state index contributed by atoms with van der Waals surface area (Å²) in [5.41, 5.74) is 6.87. The highest BCUT2D eigenvalue weighted by Crippen LogP contribution is 2.18. The van der Waals surface area contributed by atoms with Crippen molar-refractivity contribution >= 4 is 40.4 Å². The van der Waals surface area contributed by atoms with Crippen molar-refractivity contribution in [2.45, 2.75) is 6.92 Å². The number of allylic oxidation sites excluding steroid dienone is 3. The topological polar surface area (TPSA) is 93.0 Å². The van der Waals surface area contributed by atoms with Crippen molar-refractivity contribution < 1.29 is 5.11 Å². The highest BCUT2D eigenvalue weighted by atomic mass is 127. The maximum Gasteiger partial charge on any atom is 0.219 e. The number of aliphatic hydroxyl groups excluding tert-OH is 1. The maximum atomic E-state index is 10.1. The van der Waals surface area contributed by atoms with Crippen LogP contribution in [0.4, 0.5) is 0 Å². The Morgan fingerprint density at radius 2 is 2.04 bits per heavy atom. The van der Waals surface area contributed by atoms with Crippen molar-refractivity contribution in [2.24, 2.45) is 20.8 Å². The third kappa shape index (κ3) is 3.78. The largest absolute Gasteiger partial charge is 0.504 e. The summed E-state index contributed by atoms with van der Waals surface area (Å²) < 4.78 is 2.25. The first-order valence-corrected chi connectivity index (χ1v) is 8.71. The zero-order valence-electron chi connectivity index (χ0n) is 13.4. The molecule has 0 radical (unpaired) electrons. The molecule has 3 aliphatic heterocycles. The zero-order chi connectivity index (χ0) is 17.1. The lowest BCUT2D eigenvalue weighted by Crippen LogP contribution is -2.41. The molecule has 1 fully saturated rings. The number of amidine groups is 1. The lowest BCUT2D eigenvalue weighted by Gasteiger charge is -2.32. The number of fused-ring (bicyclic) bond motifs is 2. The molecule has 0 atom stereocenters. The second kappa shape index (κ2) is 7.34. The lowest BCUT2D eigenvalue weighted by atomic mass is 10.2. The summed E-state index contributed by atoms with van der Waals surface area (Å²) in [6.07, 6.45) is 7.03. The molecule has 0 aliphatic carbocycles. The van der Waals surface area contributed by atoms with E-state index in [4.69, 9.17) is 5.73 Å². The fourth-order valence-corrected chi connectivity index (χ4v) is 2.94. The number of hydrogen-bond acceptors (Lipinski definition) is 8. The number of aliphatic hydroxyl groups is 1. The van der Waals surface area contributed by atoms with Crippen LogP contribution in [0.3, 0.4) is 0 Å². The quantitative estimate of drug-likeness (QED) is 0.297. The van der Waals surface area contributed by atoms with Crippen molar-refractivity contribution in [3.8, 4) is 0 Å². The number of nitrogens with zero attached hydrogens (tertiary/aromatic N) is 6. The second-order valence-electron chi connectivity index (χ2n) is 5.53.